The molecule has 106 valence electrons. The van der Waals surface area contributed by atoms with Gasteiger partial charge in [0, 0.05) is 16.9 Å². The van der Waals surface area contributed by atoms with E-state index in [0.717, 1.165) is 17.4 Å². The third kappa shape index (κ3) is 2.42. The molecule has 1 atom stereocenters. The van der Waals surface area contributed by atoms with Gasteiger partial charge in [-0.1, -0.05) is 49.4 Å². The maximum absolute atomic E-state index is 12.3. The lowest BCUT2D eigenvalue weighted by Crippen LogP contribution is -2.13. The first-order valence-corrected chi connectivity index (χ1v) is 7.01. The van der Waals surface area contributed by atoms with Crippen molar-refractivity contribution in [2.24, 2.45) is 0 Å². The van der Waals surface area contributed by atoms with Crippen molar-refractivity contribution in [3.05, 3.63) is 76.1 Å². The van der Waals surface area contributed by atoms with Crippen LogP contribution in [0.5, 0.6) is 5.75 Å². The van der Waals surface area contributed by atoms with Gasteiger partial charge in [0.1, 0.15) is 0 Å². The molecule has 3 rings (SSSR count). The van der Waals surface area contributed by atoms with Crippen LogP contribution in [0.2, 0.25) is 0 Å². The van der Waals surface area contributed by atoms with Gasteiger partial charge in [0.25, 0.3) is 0 Å². The van der Waals surface area contributed by atoms with Gasteiger partial charge in [-0.25, -0.2) is 4.79 Å². The van der Waals surface area contributed by atoms with Crippen molar-refractivity contribution in [1.29, 1.82) is 0 Å². The van der Waals surface area contributed by atoms with Gasteiger partial charge in [-0.3, -0.25) is 0 Å². The Balaban J connectivity index is 2.20. The summed E-state index contributed by atoms with van der Waals surface area (Å²) < 4.78 is 5.32. The lowest BCUT2D eigenvalue weighted by Gasteiger charge is -2.15. The smallest absolute Gasteiger partial charge is 0.340 e. The Morgan fingerprint density at radius 2 is 1.86 bits per heavy atom. The molecule has 0 bridgehead atoms. The first-order chi connectivity index (χ1) is 10.2. The van der Waals surface area contributed by atoms with Crippen LogP contribution in [0.3, 0.4) is 0 Å². The SMILES string of the molecule is CCC(c1ccccc1)c1cc2cccc(O)c2oc1=O. The van der Waals surface area contributed by atoms with Crippen LogP contribution in [0.15, 0.2) is 63.8 Å². The molecule has 0 spiro atoms. The highest BCUT2D eigenvalue weighted by molar-refractivity contribution is 5.82. The second kappa shape index (κ2) is 5.44. The molecule has 3 heteroatoms. The first-order valence-electron chi connectivity index (χ1n) is 7.01. The van der Waals surface area contributed by atoms with Gasteiger partial charge < -0.3 is 9.52 Å². The minimum atomic E-state index is -0.389. The summed E-state index contributed by atoms with van der Waals surface area (Å²) in [6, 6.07) is 16.8. The Bertz CT molecular complexity index is 819. The summed E-state index contributed by atoms with van der Waals surface area (Å²) in [6.07, 6.45) is 0.805. The van der Waals surface area contributed by atoms with E-state index in [1.807, 2.05) is 49.4 Å². The predicted octanol–water partition coefficient (Wildman–Crippen LogP) is 4.04. The lowest BCUT2D eigenvalue weighted by molar-refractivity contribution is 0.454. The van der Waals surface area contributed by atoms with Crippen LogP contribution in [0.1, 0.15) is 30.4 Å². The summed E-state index contributed by atoms with van der Waals surface area (Å²) in [7, 11) is 0. The van der Waals surface area contributed by atoms with Crippen molar-refractivity contribution >= 4 is 11.0 Å². The molecule has 0 aliphatic carbocycles. The molecular weight excluding hydrogens is 264 g/mol. The van der Waals surface area contributed by atoms with Crippen molar-refractivity contribution in [3.8, 4) is 5.75 Å². The van der Waals surface area contributed by atoms with Crippen LogP contribution in [0.25, 0.3) is 11.0 Å². The molecule has 3 nitrogen and oxygen atoms in total. The van der Waals surface area contributed by atoms with Crippen LogP contribution in [0, 0.1) is 0 Å². The van der Waals surface area contributed by atoms with Gasteiger partial charge in [0.2, 0.25) is 0 Å². The largest absolute Gasteiger partial charge is 0.504 e. The van der Waals surface area contributed by atoms with Crippen LogP contribution in [-0.4, -0.2) is 5.11 Å². The molecule has 2 aromatic carbocycles. The molecule has 0 saturated carbocycles. The number of rotatable bonds is 3. The minimum Gasteiger partial charge on any atom is -0.504 e. The van der Waals surface area contributed by atoms with Crippen molar-refractivity contribution in [2.45, 2.75) is 19.3 Å². The summed E-state index contributed by atoms with van der Waals surface area (Å²) in [4.78, 5) is 12.3. The van der Waals surface area contributed by atoms with E-state index in [-0.39, 0.29) is 22.9 Å². The number of aromatic hydroxyl groups is 1. The van der Waals surface area contributed by atoms with E-state index in [1.165, 1.54) is 6.07 Å². The average molecular weight is 280 g/mol. The molecule has 1 unspecified atom stereocenters. The van der Waals surface area contributed by atoms with Gasteiger partial charge in [-0.2, -0.15) is 0 Å². The summed E-state index contributed by atoms with van der Waals surface area (Å²) in [6.45, 7) is 2.05. The Labute approximate surface area is 122 Å². The standard InChI is InChI=1S/C18H16O3/c1-2-14(12-7-4-3-5-8-12)15-11-13-9-6-10-16(19)17(13)21-18(15)20/h3-11,14,19H,2H2,1H3. The fraction of sp³-hybridized carbons (Fsp3) is 0.167. The molecule has 0 aliphatic rings. The summed E-state index contributed by atoms with van der Waals surface area (Å²) in [5, 5.41) is 10.5. The molecule has 0 amide bonds. The van der Waals surface area contributed by atoms with Crippen LogP contribution in [-0.2, 0) is 0 Å². The highest BCUT2D eigenvalue weighted by Gasteiger charge is 2.18. The van der Waals surface area contributed by atoms with E-state index in [4.69, 9.17) is 4.42 Å². The highest BCUT2D eigenvalue weighted by Crippen LogP contribution is 2.29. The third-order valence-corrected chi connectivity index (χ3v) is 3.75. The number of phenolic OH excluding ortho intramolecular Hbond substituents is 1. The lowest BCUT2D eigenvalue weighted by atomic mass is 9.90. The molecule has 1 N–H and O–H groups in total. The van der Waals surface area contributed by atoms with Gasteiger partial charge in [-0.15, -0.1) is 0 Å². The van der Waals surface area contributed by atoms with E-state index in [9.17, 15) is 9.90 Å². The van der Waals surface area contributed by atoms with Crippen LogP contribution >= 0.6 is 0 Å². The Morgan fingerprint density at radius 3 is 2.57 bits per heavy atom. The summed E-state index contributed by atoms with van der Waals surface area (Å²) in [5.74, 6) is -0.0156. The second-order valence-corrected chi connectivity index (χ2v) is 5.06. The molecule has 0 saturated heterocycles. The van der Waals surface area contributed by atoms with E-state index < -0.39 is 0 Å². The van der Waals surface area contributed by atoms with Crippen molar-refractivity contribution in [3.63, 3.8) is 0 Å². The van der Waals surface area contributed by atoms with Gasteiger partial charge >= 0.3 is 5.63 Å². The number of hydrogen-bond donors (Lipinski definition) is 1. The van der Waals surface area contributed by atoms with E-state index in [2.05, 4.69) is 0 Å². The molecule has 0 radical (unpaired) electrons. The number of fused-ring (bicyclic) bond motifs is 1. The zero-order chi connectivity index (χ0) is 14.8. The minimum absolute atomic E-state index is 0.00537. The van der Waals surface area contributed by atoms with Crippen molar-refractivity contribution in [2.75, 3.05) is 0 Å². The molecule has 3 aromatic rings. The highest BCUT2D eigenvalue weighted by atomic mass is 16.4. The van der Waals surface area contributed by atoms with Crippen LogP contribution in [0.4, 0.5) is 0 Å². The number of benzene rings is 2. The van der Waals surface area contributed by atoms with Gasteiger partial charge in [-0.05, 0) is 24.1 Å². The normalized spacial score (nSPS) is 12.4. The van der Waals surface area contributed by atoms with Gasteiger partial charge in [0.15, 0.2) is 11.3 Å². The molecular formula is C18H16O3. The zero-order valence-electron chi connectivity index (χ0n) is 11.7. The Hall–Kier alpha value is -2.55. The summed E-state index contributed by atoms with van der Waals surface area (Å²) >= 11 is 0. The zero-order valence-corrected chi connectivity index (χ0v) is 11.7. The van der Waals surface area contributed by atoms with Crippen molar-refractivity contribution in [1.82, 2.24) is 0 Å². The maximum Gasteiger partial charge on any atom is 0.340 e. The maximum atomic E-state index is 12.3. The number of phenols is 1. The Morgan fingerprint density at radius 1 is 1.10 bits per heavy atom. The Kier molecular flexibility index (Phi) is 3.48. The molecule has 21 heavy (non-hydrogen) atoms. The fourth-order valence-corrected chi connectivity index (χ4v) is 2.71. The number of hydrogen-bond acceptors (Lipinski definition) is 3. The van der Waals surface area contributed by atoms with Crippen LogP contribution < -0.4 is 5.63 Å². The number of para-hydroxylation sites is 1. The second-order valence-electron chi connectivity index (χ2n) is 5.06. The molecule has 1 aromatic heterocycles. The molecule has 0 aliphatic heterocycles. The topological polar surface area (TPSA) is 50.4 Å². The fourth-order valence-electron chi connectivity index (χ4n) is 2.71. The monoisotopic (exact) mass is 280 g/mol. The van der Waals surface area contributed by atoms with E-state index in [1.54, 1.807) is 6.07 Å². The molecule has 1 heterocycles. The first kappa shape index (κ1) is 13.4. The quantitative estimate of drug-likeness (QED) is 0.737. The van der Waals surface area contributed by atoms with Gasteiger partial charge in [0.05, 0.1) is 0 Å². The van der Waals surface area contributed by atoms with E-state index in [0.29, 0.717) is 5.56 Å². The average Bonchev–Trinajstić information content (AvgIpc) is 2.51. The third-order valence-electron chi connectivity index (χ3n) is 3.75. The predicted molar refractivity (Wildman–Crippen MR) is 82.7 cm³/mol. The molecule has 0 fully saturated rings. The van der Waals surface area contributed by atoms with Crippen molar-refractivity contribution < 1.29 is 9.52 Å². The summed E-state index contributed by atoms with van der Waals surface area (Å²) in [5.41, 5.74) is 1.57. The van der Waals surface area contributed by atoms with E-state index >= 15 is 0 Å².